The molecule has 9 nitrogen and oxygen atoms in total. The van der Waals surface area contributed by atoms with Crippen LogP contribution in [0, 0.1) is 17.8 Å². The fourth-order valence-electron chi connectivity index (χ4n) is 5.42. The maximum atomic E-state index is 12.2. The number of fused-ring (bicyclic) bond motifs is 3. The molecule has 4 N–H and O–H groups in total. The average Bonchev–Trinajstić information content (AvgIpc) is 3.56. The number of rotatable bonds is 6. The summed E-state index contributed by atoms with van der Waals surface area (Å²) < 4.78 is 0.980. The number of allylic oxidation sites excluding steroid dienone is 1. The smallest absolute Gasteiger partial charge is 0.229 e. The van der Waals surface area contributed by atoms with Crippen molar-refractivity contribution in [2.45, 2.75) is 12.5 Å². The van der Waals surface area contributed by atoms with Crippen LogP contribution in [-0.2, 0) is 4.79 Å². The number of hydrogen-bond acceptors (Lipinski definition) is 9. The van der Waals surface area contributed by atoms with Crippen LogP contribution in [0.25, 0.3) is 10.2 Å². The number of nitrogens with two attached hydrogens (primary N) is 1. The molecular formula is C24H28N8OS. The number of nitrogens with one attached hydrogen (secondary N) is 2. The van der Waals surface area contributed by atoms with Crippen LogP contribution in [0.5, 0.6) is 0 Å². The minimum Gasteiger partial charge on any atom is -0.369 e. The molecule has 4 atom stereocenters. The second-order valence-corrected chi connectivity index (χ2v) is 10.3. The molecule has 2 fully saturated rings. The number of carbonyl (C=O) groups is 1. The maximum absolute atomic E-state index is 12.2. The predicted molar refractivity (Wildman–Crippen MR) is 135 cm³/mol. The predicted octanol–water partition coefficient (Wildman–Crippen LogP) is 2.67. The number of hydrogen-bond donors (Lipinski definition) is 3. The molecule has 0 spiro atoms. The Hall–Kier alpha value is -3.24. The lowest BCUT2D eigenvalue weighted by atomic mass is 9.88. The molecule has 10 heteroatoms. The minimum atomic E-state index is -0.252. The van der Waals surface area contributed by atoms with Crippen LogP contribution >= 0.6 is 11.3 Å². The molecule has 1 aliphatic heterocycles. The van der Waals surface area contributed by atoms with Gasteiger partial charge in [-0.3, -0.25) is 4.79 Å². The van der Waals surface area contributed by atoms with E-state index in [-0.39, 0.29) is 29.7 Å². The van der Waals surface area contributed by atoms with Gasteiger partial charge in [0.15, 0.2) is 0 Å². The van der Waals surface area contributed by atoms with Crippen LogP contribution in [0.3, 0.4) is 0 Å². The van der Waals surface area contributed by atoms with Crippen molar-refractivity contribution in [1.82, 2.24) is 19.9 Å². The zero-order valence-electron chi connectivity index (χ0n) is 19.0. The first-order valence-corrected chi connectivity index (χ1v) is 12.6. The number of thiophene rings is 1. The van der Waals surface area contributed by atoms with Crippen molar-refractivity contribution in [2.75, 3.05) is 48.8 Å². The molecule has 176 valence electrons. The molecule has 3 aromatic rings. The molecule has 4 heterocycles. The molecule has 1 saturated heterocycles. The average molecular weight is 477 g/mol. The lowest BCUT2D eigenvalue weighted by Gasteiger charge is -2.33. The Bertz CT molecular complexity index is 1250. The van der Waals surface area contributed by atoms with Gasteiger partial charge in [0.25, 0.3) is 0 Å². The summed E-state index contributed by atoms with van der Waals surface area (Å²) in [5.74, 6) is 2.23. The first-order chi connectivity index (χ1) is 16.5. The summed E-state index contributed by atoms with van der Waals surface area (Å²) in [6.45, 7) is 3.96. The number of amides is 1. The Labute approximate surface area is 202 Å². The lowest BCUT2D eigenvalue weighted by Crippen LogP contribution is -2.44. The van der Waals surface area contributed by atoms with E-state index in [1.165, 1.54) is 0 Å². The molecule has 0 aromatic carbocycles. The first-order valence-electron chi connectivity index (χ1n) is 11.7. The topological polar surface area (TPSA) is 112 Å². The number of nitrogens with zero attached hydrogens (tertiary/aromatic N) is 5. The van der Waals surface area contributed by atoms with E-state index in [2.05, 4.69) is 44.6 Å². The Morgan fingerprint density at radius 3 is 2.79 bits per heavy atom. The van der Waals surface area contributed by atoms with E-state index in [1.807, 2.05) is 29.8 Å². The SMILES string of the molecule is CN1CCN(c2cc(Nc3nc(N[C@H]4[C@@H](C(N)=O)[C@@H]5C=C[C@H]4C5)c4sccc4n3)ccn2)CC1. The number of pyridine rings is 1. The van der Waals surface area contributed by atoms with Gasteiger partial charge in [-0.2, -0.15) is 4.98 Å². The van der Waals surface area contributed by atoms with Gasteiger partial charge in [-0.1, -0.05) is 12.2 Å². The number of anilines is 4. The van der Waals surface area contributed by atoms with Gasteiger partial charge in [0.1, 0.15) is 11.6 Å². The lowest BCUT2D eigenvalue weighted by molar-refractivity contribution is -0.122. The summed E-state index contributed by atoms with van der Waals surface area (Å²) in [5.41, 5.74) is 7.53. The van der Waals surface area contributed by atoms with E-state index >= 15 is 0 Å². The van der Waals surface area contributed by atoms with E-state index in [9.17, 15) is 4.79 Å². The van der Waals surface area contributed by atoms with Crippen LogP contribution in [-0.4, -0.2) is 65.0 Å². The third-order valence-electron chi connectivity index (χ3n) is 7.22. The van der Waals surface area contributed by atoms with Crippen LogP contribution in [0.15, 0.2) is 41.9 Å². The van der Waals surface area contributed by atoms with Crippen molar-refractivity contribution in [3.63, 3.8) is 0 Å². The Kier molecular flexibility index (Phi) is 5.34. The van der Waals surface area contributed by atoms with Gasteiger partial charge in [-0.25, -0.2) is 9.97 Å². The number of carbonyl (C=O) groups excluding carboxylic acids is 1. The first kappa shape index (κ1) is 21.3. The number of primary amides is 1. The summed E-state index contributed by atoms with van der Waals surface area (Å²) in [7, 11) is 2.14. The van der Waals surface area contributed by atoms with E-state index in [4.69, 9.17) is 15.7 Å². The summed E-state index contributed by atoms with van der Waals surface area (Å²) in [6.07, 6.45) is 7.11. The molecule has 3 aliphatic rings. The molecular weight excluding hydrogens is 448 g/mol. The largest absolute Gasteiger partial charge is 0.369 e. The summed E-state index contributed by atoms with van der Waals surface area (Å²) in [6, 6.07) is 5.92. The third kappa shape index (κ3) is 3.86. The van der Waals surface area contributed by atoms with Crippen molar-refractivity contribution in [3.05, 3.63) is 41.9 Å². The molecule has 0 unspecified atom stereocenters. The second kappa shape index (κ2) is 8.52. The third-order valence-corrected chi connectivity index (χ3v) is 8.13. The molecule has 2 bridgehead atoms. The zero-order chi connectivity index (χ0) is 23.2. The summed E-state index contributed by atoms with van der Waals surface area (Å²) >= 11 is 1.59. The number of aromatic nitrogens is 3. The fraction of sp³-hybridized carbons (Fsp3) is 0.417. The van der Waals surface area contributed by atoms with Crippen LogP contribution < -0.4 is 21.3 Å². The Morgan fingerprint density at radius 1 is 1.15 bits per heavy atom. The van der Waals surface area contributed by atoms with E-state index < -0.39 is 0 Å². The highest BCUT2D eigenvalue weighted by molar-refractivity contribution is 7.17. The highest BCUT2D eigenvalue weighted by atomic mass is 32.1. The van der Waals surface area contributed by atoms with E-state index in [1.54, 1.807) is 11.3 Å². The van der Waals surface area contributed by atoms with Gasteiger partial charge in [-0.15, -0.1) is 11.3 Å². The number of piperazine rings is 1. The molecule has 6 rings (SSSR count). The molecule has 0 radical (unpaired) electrons. The molecule has 1 saturated carbocycles. The number of likely N-dealkylation sites (N-methyl/N-ethyl adjacent to an activating group) is 1. The summed E-state index contributed by atoms with van der Waals surface area (Å²) in [4.78, 5) is 30.9. The van der Waals surface area contributed by atoms with Crippen LogP contribution in [0.2, 0.25) is 0 Å². The van der Waals surface area contributed by atoms with Crippen molar-refractivity contribution in [2.24, 2.45) is 23.5 Å². The van der Waals surface area contributed by atoms with Crippen LogP contribution in [0.4, 0.5) is 23.3 Å². The maximum Gasteiger partial charge on any atom is 0.229 e. The standard InChI is InChI=1S/C24H28N8OS/c1-31-7-9-32(10-8-31)18-13-16(4-6-26-18)27-24-28-17-5-11-34-21(17)23(30-24)29-20-15-3-2-14(12-15)19(20)22(25)33/h2-6,11,13-15,19-20H,7-10,12H2,1H3,(H2,25,33)(H2,26,27,28,29,30)/t14-,15+,19+,20-/m1/s1. The van der Waals surface area contributed by atoms with Crippen molar-refractivity contribution < 1.29 is 4.79 Å². The van der Waals surface area contributed by atoms with Crippen molar-refractivity contribution >= 4 is 50.7 Å². The van der Waals surface area contributed by atoms with E-state index in [0.29, 0.717) is 5.95 Å². The quantitative estimate of drug-likeness (QED) is 0.466. The van der Waals surface area contributed by atoms with Gasteiger partial charge in [0, 0.05) is 50.2 Å². The molecule has 34 heavy (non-hydrogen) atoms. The van der Waals surface area contributed by atoms with Gasteiger partial charge in [0.2, 0.25) is 11.9 Å². The second-order valence-electron chi connectivity index (χ2n) is 9.40. The Morgan fingerprint density at radius 2 is 1.97 bits per heavy atom. The monoisotopic (exact) mass is 476 g/mol. The van der Waals surface area contributed by atoms with Gasteiger partial charge < -0.3 is 26.2 Å². The van der Waals surface area contributed by atoms with Crippen LogP contribution in [0.1, 0.15) is 6.42 Å². The van der Waals surface area contributed by atoms with Gasteiger partial charge in [-0.05, 0) is 42.8 Å². The fourth-order valence-corrected chi connectivity index (χ4v) is 6.20. The highest BCUT2D eigenvalue weighted by Crippen LogP contribution is 2.45. The van der Waals surface area contributed by atoms with Crippen molar-refractivity contribution in [3.8, 4) is 0 Å². The van der Waals surface area contributed by atoms with Gasteiger partial charge >= 0.3 is 0 Å². The molecule has 3 aromatic heterocycles. The van der Waals surface area contributed by atoms with E-state index in [0.717, 1.165) is 60.1 Å². The zero-order valence-corrected chi connectivity index (χ0v) is 19.8. The highest BCUT2D eigenvalue weighted by Gasteiger charge is 2.47. The van der Waals surface area contributed by atoms with Crippen molar-refractivity contribution in [1.29, 1.82) is 0 Å². The summed E-state index contributed by atoms with van der Waals surface area (Å²) in [5, 5.41) is 8.95. The molecule has 1 amide bonds. The minimum absolute atomic E-state index is 0.0506. The normalized spacial score (nSPS) is 26.3. The molecule has 2 aliphatic carbocycles. The Balaban J connectivity index is 1.27. The van der Waals surface area contributed by atoms with Gasteiger partial charge in [0.05, 0.1) is 16.1 Å².